The number of amides is 1. The zero-order chi connectivity index (χ0) is 16.2. The largest absolute Gasteiger partial charge is 0.478 e. The van der Waals surface area contributed by atoms with Crippen molar-refractivity contribution in [1.29, 1.82) is 0 Å². The van der Waals surface area contributed by atoms with Gasteiger partial charge in [0.2, 0.25) is 5.91 Å². The van der Waals surface area contributed by atoms with Crippen LogP contribution in [0.4, 0.5) is 0 Å². The second-order valence-corrected chi connectivity index (χ2v) is 6.55. The summed E-state index contributed by atoms with van der Waals surface area (Å²) in [6.45, 7) is 0.784. The van der Waals surface area contributed by atoms with Crippen molar-refractivity contribution in [3.8, 4) is 0 Å². The third kappa shape index (κ3) is 3.63. The number of fused-ring (bicyclic) bond motifs is 1. The van der Waals surface area contributed by atoms with Crippen LogP contribution < -0.4 is 0 Å². The highest BCUT2D eigenvalue weighted by Gasteiger charge is 2.38. The zero-order valence-electron chi connectivity index (χ0n) is 13.3. The molecule has 1 amide bonds. The molecule has 0 bridgehead atoms. The third-order valence-electron chi connectivity index (χ3n) is 5.09. The van der Waals surface area contributed by atoms with E-state index in [4.69, 9.17) is 0 Å². The highest BCUT2D eigenvalue weighted by molar-refractivity contribution is 5.98. The molecule has 1 saturated heterocycles. The fourth-order valence-electron chi connectivity index (χ4n) is 3.92. The Balaban J connectivity index is 1.72. The number of nitrogens with zero attached hydrogens (tertiary/aromatic N) is 1. The second kappa shape index (κ2) is 6.99. The summed E-state index contributed by atoms with van der Waals surface area (Å²) in [5.74, 6) is -0.426. The Hall–Kier alpha value is -2.10. The van der Waals surface area contributed by atoms with Gasteiger partial charge in [0.15, 0.2) is 0 Å². The molecule has 1 heterocycles. The fourth-order valence-corrected chi connectivity index (χ4v) is 3.92. The number of hydrogen-bond acceptors (Lipinski definition) is 2. The molecular formula is C19H23NO3. The van der Waals surface area contributed by atoms with E-state index in [1.807, 2.05) is 35.2 Å². The molecule has 2 atom stereocenters. The number of benzene rings is 1. The molecule has 0 radical (unpaired) electrons. The Morgan fingerprint density at radius 2 is 1.87 bits per heavy atom. The van der Waals surface area contributed by atoms with Gasteiger partial charge in [-0.2, -0.15) is 0 Å². The summed E-state index contributed by atoms with van der Waals surface area (Å²) >= 11 is 0. The maximum atomic E-state index is 12.6. The van der Waals surface area contributed by atoms with Crippen molar-refractivity contribution in [1.82, 2.24) is 4.90 Å². The van der Waals surface area contributed by atoms with Crippen LogP contribution in [0.15, 0.2) is 35.9 Å². The maximum Gasteiger partial charge on any atom is 0.332 e. The zero-order valence-corrected chi connectivity index (χ0v) is 13.3. The van der Waals surface area contributed by atoms with Gasteiger partial charge in [0.1, 0.15) is 0 Å². The van der Waals surface area contributed by atoms with Crippen LogP contribution in [-0.4, -0.2) is 34.5 Å². The van der Waals surface area contributed by atoms with E-state index >= 15 is 0 Å². The number of likely N-dealkylation sites (tertiary alicyclic amines) is 1. The molecule has 2 fully saturated rings. The Morgan fingerprint density at radius 1 is 1.13 bits per heavy atom. The van der Waals surface area contributed by atoms with Crippen molar-refractivity contribution in [3.05, 3.63) is 41.5 Å². The molecule has 1 aliphatic carbocycles. The van der Waals surface area contributed by atoms with Crippen LogP contribution in [0, 0.1) is 5.92 Å². The molecule has 1 aromatic carbocycles. The predicted octanol–water partition coefficient (Wildman–Crippen LogP) is 3.34. The predicted molar refractivity (Wildman–Crippen MR) is 88.7 cm³/mol. The molecule has 4 heteroatoms. The van der Waals surface area contributed by atoms with Crippen LogP contribution in [0.5, 0.6) is 0 Å². The molecule has 2 aliphatic rings. The van der Waals surface area contributed by atoms with Gasteiger partial charge in [0.05, 0.1) is 6.42 Å². The monoisotopic (exact) mass is 313 g/mol. The van der Waals surface area contributed by atoms with E-state index in [2.05, 4.69) is 0 Å². The van der Waals surface area contributed by atoms with Gasteiger partial charge in [-0.15, -0.1) is 0 Å². The lowest BCUT2D eigenvalue weighted by molar-refractivity contribution is -0.137. The minimum Gasteiger partial charge on any atom is -0.478 e. The molecule has 0 unspecified atom stereocenters. The van der Waals surface area contributed by atoms with Crippen molar-refractivity contribution >= 4 is 18.0 Å². The first kappa shape index (κ1) is 15.8. The van der Waals surface area contributed by atoms with Crippen LogP contribution in [0.25, 0.3) is 6.08 Å². The van der Waals surface area contributed by atoms with E-state index in [1.165, 1.54) is 19.3 Å². The van der Waals surface area contributed by atoms with Crippen LogP contribution in [0.3, 0.4) is 0 Å². The van der Waals surface area contributed by atoms with Crippen molar-refractivity contribution in [2.45, 2.75) is 44.6 Å². The number of rotatable bonds is 4. The van der Waals surface area contributed by atoms with E-state index in [0.717, 1.165) is 24.9 Å². The summed E-state index contributed by atoms with van der Waals surface area (Å²) in [4.78, 5) is 26.1. The van der Waals surface area contributed by atoms with Gasteiger partial charge in [-0.3, -0.25) is 4.79 Å². The summed E-state index contributed by atoms with van der Waals surface area (Å²) in [5, 5.41) is 9.42. The summed E-state index contributed by atoms with van der Waals surface area (Å²) < 4.78 is 0. The maximum absolute atomic E-state index is 12.6. The van der Waals surface area contributed by atoms with Gasteiger partial charge in [-0.05, 0) is 36.8 Å². The first-order valence-electron chi connectivity index (χ1n) is 8.43. The van der Waals surface area contributed by atoms with E-state index in [9.17, 15) is 14.7 Å². The van der Waals surface area contributed by atoms with Gasteiger partial charge >= 0.3 is 5.97 Å². The second-order valence-electron chi connectivity index (χ2n) is 6.55. The molecule has 23 heavy (non-hydrogen) atoms. The van der Waals surface area contributed by atoms with E-state index in [0.29, 0.717) is 12.0 Å². The first-order valence-corrected chi connectivity index (χ1v) is 8.43. The van der Waals surface area contributed by atoms with Crippen LogP contribution in [-0.2, 0) is 9.59 Å². The number of aliphatic carboxylic acids is 1. The lowest BCUT2D eigenvalue weighted by atomic mass is 9.85. The van der Waals surface area contributed by atoms with Crippen molar-refractivity contribution in [3.63, 3.8) is 0 Å². The van der Waals surface area contributed by atoms with Gasteiger partial charge < -0.3 is 10.0 Å². The molecule has 0 spiro atoms. The fraction of sp³-hybridized carbons (Fsp3) is 0.474. The SMILES string of the molecule is O=C(O)C(=Cc1ccccc1)CC(=O)N1CC[C@@H]2CCCC[C@H]21. The number of carbonyl (C=O) groups excluding carboxylic acids is 1. The molecule has 1 aromatic rings. The van der Waals surface area contributed by atoms with Crippen molar-refractivity contribution < 1.29 is 14.7 Å². The van der Waals surface area contributed by atoms with E-state index in [1.54, 1.807) is 6.08 Å². The van der Waals surface area contributed by atoms with Crippen LogP contribution >= 0.6 is 0 Å². The first-order chi connectivity index (χ1) is 11.1. The molecule has 0 aromatic heterocycles. The highest BCUT2D eigenvalue weighted by Crippen LogP contribution is 2.36. The Labute approximate surface area is 136 Å². The number of carboxylic acid groups (broad SMARTS) is 1. The summed E-state index contributed by atoms with van der Waals surface area (Å²) in [6, 6.07) is 9.64. The molecule has 1 aliphatic heterocycles. The minimum atomic E-state index is -1.01. The average Bonchev–Trinajstić information content (AvgIpc) is 2.99. The van der Waals surface area contributed by atoms with Crippen molar-refractivity contribution in [2.75, 3.05) is 6.54 Å². The van der Waals surface area contributed by atoms with Gasteiger partial charge in [0.25, 0.3) is 0 Å². The van der Waals surface area contributed by atoms with E-state index < -0.39 is 5.97 Å². The molecule has 122 valence electrons. The molecule has 1 saturated carbocycles. The lowest BCUT2D eigenvalue weighted by Gasteiger charge is -2.31. The number of hydrogen-bond donors (Lipinski definition) is 1. The highest BCUT2D eigenvalue weighted by atomic mass is 16.4. The molecule has 1 N–H and O–H groups in total. The standard InChI is InChI=1S/C19H23NO3/c21-18(20-11-10-15-8-4-5-9-17(15)20)13-16(19(22)23)12-14-6-2-1-3-7-14/h1-3,6-7,12,15,17H,4-5,8-11,13H2,(H,22,23)/t15-,17+/m0/s1. The quantitative estimate of drug-likeness (QED) is 0.867. The topological polar surface area (TPSA) is 57.6 Å². The summed E-state index contributed by atoms with van der Waals surface area (Å²) in [6.07, 6.45) is 7.37. The number of carbonyl (C=O) groups is 2. The smallest absolute Gasteiger partial charge is 0.332 e. The van der Waals surface area contributed by atoms with Crippen LogP contribution in [0.2, 0.25) is 0 Å². The van der Waals surface area contributed by atoms with E-state index in [-0.39, 0.29) is 17.9 Å². The number of carboxylic acids is 1. The summed E-state index contributed by atoms with van der Waals surface area (Å²) in [7, 11) is 0. The Kier molecular flexibility index (Phi) is 4.79. The molecular weight excluding hydrogens is 290 g/mol. The van der Waals surface area contributed by atoms with Crippen LogP contribution in [0.1, 0.15) is 44.1 Å². The Morgan fingerprint density at radius 3 is 2.61 bits per heavy atom. The summed E-state index contributed by atoms with van der Waals surface area (Å²) in [5.41, 5.74) is 0.982. The average molecular weight is 313 g/mol. The minimum absolute atomic E-state index is 0.0204. The molecule has 3 rings (SSSR count). The Bertz CT molecular complexity index is 608. The van der Waals surface area contributed by atoms with Crippen molar-refractivity contribution in [2.24, 2.45) is 5.92 Å². The molecule has 4 nitrogen and oxygen atoms in total. The van der Waals surface area contributed by atoms with Gasteiger partial charge in [0, 0.05) is 18.2 Å². The normalized spacial score (nSPS) is 24.3. The van der Waals surface area contributed by atoms with Gasteiger partial charge in [-0.1, -0.05) is 43.2 Å². The lowest BCUT2D eigenvalue weighted by Crippen LogP contribution is -2.39. The third-order valence-corrected chi connectivity index (χ3v) is 5.09. The van der Waals surface area contributed by atoms with Gasteiger partial charge in [-0.25, -0.2) is 4.79 Å².